The van der Waals surface area contributed by atoms with Crippen molar-refractivity contribution in [3.63, 3.8) is 0 Å². The Bertz CT molecular complexity index is 843. The third-order valence-corrected chi connectivity index (χ3v) is 7.12. The zero-order chi connectivity index (χ0) is 27.1. The number of carboxylic acids is 1. The number of carboxylic acid groups (broad SMARTS) is 1. The molecule has 0 aliphatic carbocycles. The Hall–Kier alpha value is -2.79. The molecule has 0 aromatic heterocycles. The number of amides is 3. The molecule has 0 radical (unpaired) electrons. The van der Waals surface area contributed by atoms with E-state index in [0.717, 1.165) is 0 Å². The summed E-state index contributed by atoms with van der Waals surface area (Å²) in [5, 5.41) is 22.9. The molecule has 3 amide bonds. The van der Waals surface area contributed by atoms with Crippen LogP contribution < -0.4 is 10.6 Å². The first-order valence-corrected chi connectivity index (χ1v) is 12.0. The van der Waals surface area contributed by atoms with E-state index in [9.17, 15) is 38.8 Å². The highest BCUT2D eigenvalue weighted by atomic mass is 31.1. The summed E-state index contributed by atoms with van der Waals surface area (Å²) >= 11 is 0. The SMILES string of the molecule is CC(=O)N1CCC(C(=O)NC(C)C(=O)O)(C(O)(P=O)C(C)NC(=O)OC(C)OC(=O)C(C)C)CC1. The molecule has 4 atom stereocenters. The molecule has 0 spiro atoms. The topological polar surface area (TPSA) is 189 Å². The van der Waals surface area contributed by atoms with Crippen molar-refractivity contribution in [1.29, 1.82) is 0 Å². The Morgan fingerprint density at radius 3 is 1.97 bits per heavy atom. The standard InChI is InChI=1S/C21H34N3O10P/c1-11(2)17(28)33-15(6)34-19(30)23-13(4)21(31,35-32)20(18(29)22-12(3)16(26)27)7-9-24(10-8-20)14(5)25/h11-13,15,31H,7-10H2,1-6H3,(H,22,29)(H,23,30)(H,26,27). The lowest BCUT2D eigenvalue weighted by atomic mass is 9.70. The zero-order valence-corrected chi connectivity index (χ0v) is 21.6. The van der Waals surface area contributed by atoms with Gasteiger partial charge in [0.2, 0.25) is 18.1 Å². The van der Waals surface area contributed by atoms with Crippen molar-refractivity contribution in [3.05, 3.63) is 0 Å². The lowest BCUT2D eigenvalue weighted by molar-refractivity contribution is -0.169. The highest BCUT2D eigenvalue weighted by Gasteiger charge is 2.61. The molecule has 1 aliphatic rings. The molecule has 13 nitrogen and oxygen atoms in total. The van der Waals surface area contributed by atoms with Gasteiger partial charge >= 0.3 is 18.0 Å². The molecule has 0 saturated carbocycles. The van der Waals surface area contributed by atoms with Crippen LogP contribution in [0.15, 0.2) is 0 Å². The summed E-state index contributed by atoms with van der Waals surface area (Å²) in [4.78, 5) is 61.8. The second-order valence-corrected chi connectivity index (χ2v) is 9.73. The fourth-order valence-electron chi connectivity index (χ4n) is 3.73. The van der Waals surface area contributed by atoms with Gasteiger partial charge in [0.1, 0.15) is 6.04 Å². The third kappa shape index (κ3) is 7.11. The van der Waals surface area contributed by atoms with Crippen molar-refractivity contribution >= 4 is 38.3 Å². The lowest BCUT2D eigenvalue weighted by Gasteiger charge is -2.49. The van der Waals surface area contributed by atoms with E-state index in [-0.39, 0.29) is 31.8 Å². The molecule has 35 heavy (non-hydrogen) atoms. The molecule has 0 aromatic rings. The van der Waals surface area contributed by atoms with E-state index in [1.165, 1.54) is 32.6 Å². The number of esters is 1. The number of ether oxygens (including phenoxy) is 2. The molecule has 1 aliphatic heterocycles. The Labute approximate surface area is 205 Å². The predicted octanol–water partition coefficient (Wildman–Crippen LogP) is 0.845. The van der Waals surface area contributed by atoms with Crippen molar-refractivity contribution in [3.8, 4) is 0 Å². The van der Waals surface area contributed by atoms with Gasteiger partial charge in [-0.05, 0) is 26.7 Å². The van der Waals surface area contributed by atoms with Crippen LogP contribution in [0.4, 0.5) is 4.79 Å². The molecule has 198 valence electrons. The summed E-state index contributed by atoms with van der Waals surface area (Å²) in [5.74, 6) is -3.53. The number of carbonyl (C=O) groups is 5. The molecule has 4 N–H and O–H groups in total. The molecule has 0 aromatic carbocycles. The first-order valence-electron chi connectivity index (χ1n) is 11.1. The summed E-state index contributed by atoms with van der Waals surface area (Å²) in [6.45, 7) is 8.42. The van der Waals surface area contributed by atoms with Crippen molar-refractivity contribution in [2.45, 2.75) is 78.1 Å². The molecule has 1 fully saturated rings. The van der Waals surface area contributed by atoms with Gasteiger partial charge in [0, 0.05) is 26.9 Å². The highest BCUT2D eigenvalue weighted by molar-refractivity contribution is 7.26. The number of aliphatic hydroxyl groups is 1. The largest absolute Gasteiger partial charge is 0.480 e. The number of piperidine rings is 1. The first kappa shape index (κ1) is 30.2. The van der Waals surface area contributed by atoms with E-state index in [0.29, 0.717) is 0 Å². The molecule has 14 heteroatoms. The zero-order valence-electron chi connectivity index (χ0n) is 20.7. The van der Waals surface area contributed by atoms with Crippen LogP contribution in [0.2, 0.25) is 0 Å². The number of likely N-dealkylation sites (tertiary alicyclic amines) is 1. The number of nitrogens with zero attached hydrogens (tertiary/aromatic N) is 1. The van der Waals surface area contributed by atoms with E-state index in [1.807, 2.05) is 0 Å². The fraction of sp³-hybridized carbons (Fsp3) is 0.762. The monoisotopic (exact) mass is 519 g/mol. The van der Waals surface area contributed by atoms with Gasteiger partial charge in [-0.3, -0.25) is 23.7 Å². The van der Waals surface area contributed by atoms with E-state index >= 15 is 0 Å². The van der Waals surface area contributed by atoms with Crippen molar-refractivity contribution in [2.24, 2.45) is 11.3 Å². The first-order chi connectivity index (χ1) is 16.1. The van der Waals surface area contributed by atoms with Crippen LogP contribution in [-0.2, 0) is 33.2 Å². The number of hydrogen-bond donors (Lipinski definition) is 4. The summed E-state index contributed by atoms with van der Waals surface area (Å²) in [7, 11) is -0.923. The maximum Gasteiger partial charge on any atom is 0.410 e. The van der Waals surface area contributed by atoms with Crippen molar-refractivity contribution < 1.29 is 48.2 Å². The summed E-state index contributed by atoms with van der Waals surface area (Å²) in [5.41, 5.74) is -1.83. The van der Waals surface area contributed by atoms with Crippen LogP contribution in [0.5, 0.6) is 0 Å². The van der Waals surface area contributed by atoms with Gasteiger partial charge in [0.05, 0.1) is 17.4 Å². The van der Waals surface area contributed by atoms with Crippen LogP contribution >= 0.6 is 8.46 Å². The average Bonchev–Trinajstić information content (AvgIpc) is 2.77. The normalized spacial score (nSPS) is 19.6. The molecular weight excluding hydrogens is 485 g/mol. The van der Waals surface area contributed by atoms with Crippen LogP contribution in [0, 0.1) is 11.3 Å². The van der Waals surface area contributed by atoms with E-state index in [2.05, 4.69) is 10.6 Å². The Kier molecular flexibility index (Phi) is 10.6. The average molecular weight is 519 g/mol. The Balaban J connectivity index is 3.18. The van der Waals surface area contributed by atoms with E-state index in [4.69, 9.17) is 9.47 Å². The molecule has 1 rings (SSSR count). The summed E-state index contributed by atoms with van der Waals surface area (Å²) in [6, 6.07) is -2.67. The lowest BCUT2D eigenvalue weighted by Crippen LogP contribution is -2.66. The number of aliphatic carboxylic acids is 1. The van der Waals surface area contributed by atoms with Gasteiger partial charge in [0.25, 0.3) is 0 Å². The van der Waals surface area contributed by atoms with Gasteiger partial charge in [0.15, 0.2) is 13.8 Å². The van der Waals surface area contributed by atoms with Crippen LogP contribution in [-0.4, -0.2) is 81.8 Å². The number of rotatable bonds is 10. The summed E-state index contributed by atoms with van der Waals surface area (Å²) in [6.07, 6.45) is -2.68. The molecule has 1 heterocycles. The fourth-order valence-corrected chi connectivity index (χ4v) is 4.45. The maximum atomic E-state index is 13.3. The van der Waals surface area contributed by atoms with Crippen LogP contribution in [0.3, 0.4) is 0 Å². The smallest absolute Gasteiger partial charge is 0.410 e. The second kappa shape index (κ2) is 12.3. The highest BCUT2D eigenvalue weighted by Crippen LogP contribution is 2.49. The van der Waals surface area contributed by atoms with Crippen LogP contribution in [0.1, 0.15) is 54.4 Å². The number of carbonyl (C=O) groups excluding carboxylic acids is 4. The second-order valence-electron chi connectivity index (χ2n) is 8.87. The van der Waals surface area contributed by atoms with E-state index in [1.54, 1.807) is 13.8 Å². The Morgan fingerprint density at radius 2 is 1.54 bits per heavy atom. The number of hydrogen-bond acceptors (Lipinski definition) is 9. The predicted molar refractivity (Wildman–Crippen MR) is 121 cm³/mol. The molecular formula is C21H34N3O10P. The Morgan fingerprint density at radius 1 is 1.00 bits per heavy atom. The molecule has 1 saturated heterocycles. The number of alkyl carbamates (subject to hydrolysis) is 1. The molecule has 0 bridgehead atoms. The van der Waals surface area contributed by atoms with E-state index < -0.39 is 67.4 Å². The van der Waals surface area contributed by atoms with Gasteiger partial charge in [-0.1, -0.05) is 13.8 Å². The third-order valence-electron chi connectivity index (χ3n) is 6.02. The summed E-state index contributed by atoms with van der Waals surface area (Å²) < 4.78 is 22.3. The van der Waals surface area contributed by atoms with Crippen molar-refractivity contribution in [1.82, 2.24) is 15.5 Å². The minimum Gasteiger partial charge on any atom is -0.480 e. The quantitative estimate of drug-likeness (QED) is 0.183. The minimum absolute atomic E-state index is 0.0292. The van der Waals surface area contributed by atoms with Gasteiger partial charge in [-0.25, -0.2) is 4.79 Å². The maximum absolute atomic E-state index is 13.3. The minimum atomic E-state index is -2.41. The van der Waals surface area contributed by atoms with Gasteiger partial charge in [-0.2, -0.15) is 0 Å². The van der Waals surface area contributed by atoms with Crippen LogP contribution in [0.25, 0.3) is 0 Å². The van der Waals surface area contributed by atoms with Gasteiger partial charge in [-0.15, -0.1) is 0 Å². The van der Waals surface area contributed by atoms with Crippen molar-refractivity contribution in [2.75, 3.05) is 13.1 Å². The van der Waals surface area contributed by atoms with Gasteiger partial charge < -0.3 is 35.2 Å². The molecule has 4 unspecified atom stereocenters. The number of nitrogens with one attached hydrogen (secondary N) is 2.